The molecule has 0 fully saturated rings. The average molecular weight is 168 g/mol. The molecule has 0 aromatic rings. The van der Waals surface area contributed by atoms with Gasteiger partial charge in [0.15, 0.2) is 0 Å². The van der Waals surface area contributed by atoms with Crippen molar-refractivity contribution in [1.82, 2.24) is 0 Å². The molecule has 0 atom stereocenters. The van der Waals surface area contributed by atoms with E-state index in [0.29, 0.717) is 0 Å². The van der Waals surface area contributed by atoms with E-state index in [4.69, 9.17) is 0 Å². The second-order valence-corrected chi connectivity index (χ2v) is 3.70. The SMILES string of the molecule is C[S-](C)C([O-])=S.[Na+].[Na+]. The van der Waals surface area contributed by atoms with Crippen LogP contribution >= 0.6 is 12.2 Å². The molecule has 0 aromatic carbocycles. The van der Waals surface area contributed by atoms with Gasteiger partial charge in [-0.1, -0.05) is 0 Å². The van der Waals surface area contributed by atoms with Gasteiger partial charge in [0.2, 0.25) is 0 Å². The molecule has 38 valence electrons. The molecular weight excluding hydrogens is 162 g/mol. The number of hydrogen-bond donors (Lipinski definition) is 0. The maximum absolute atomic E-state index is 9.97. The molecule has 0 unspecified atom stereocenters. The van der Waals surface area contributed by atoms with Crippen molar-refractivity contribution in [2.45, 2.75) is 0 Å². The van der Waals surface area contributed by atoms with E-state index < -0.39 is 0 Å². The Morgan fingerprint density at radius 3 is 1.50 bits per heavy atom. The van der Waals surface area contributed by atoms with Gasteiger partial charge in [-0.05, 0) is 0 Å². The second kappa shape index (κ2) is 9.24. The molecule has 0 amide bonds. The summed E-state index contributed by atoms with van der Waals surface area (Å²) in [5, 5.41) is 9.97. The summed E-state index contributed by atoms with van der Waals surface area (Å²) >= 11 is 4.28. The summed E-state index contributed by atoms with van der Waals surface area (Å²) in [4.78, 5) is 0. The van der Waals surface area contributed by atoms with Gasteiger partial charge in [0.1, 0.15) is 0 Å². The summed E-state index contributed by atoms with van der Waals surface area (Å²) in [6.07, 6.45) is 3.63. The van der Waals surface area contributed by atoms with Gasteiger partial charge in [0.25, 0.3) is 0 Å². The molecule has 0 saturated carbocycles. The van der Waals surface area contributed by atoms with Crippen molar-refractivity contribution in [3.8, 4) is 0 Å². The van der Waals surface area contributed by atoms with Crippen molar-refractivity contribution in [2.24, 2.45) is 0 Å². The predicted molar refractivity (Wildman–Crippen MR) is 31.8 cm³/mol. The minimum atomic E-state index is -0.191. The summed E-state index contributed by atoms with van der Waals surface area (Å²) in [5.74, 6) is 0. The minimum absolute atomic E-state index is 0. The Morgan fingerprint density at radius 2 is 1.50 bits per heavy atom. The van der Waals surface area contributed by atoms with Crippen molar-refractivity contribution in [3.63, 3.8) is 0 Å². The first-order chi connectivity index (χ1) is 2.64. The van der Waals surface area contributed by atoms with Gasteiger partial charge in [-0.25, -0.2) is 0 Å². The first kappa shape index (κ1) is 16.7. The van der Waals surface area contributed by atoms with Crippen LogP contribution in [-0.2, 0) is 10.9 Å². The van der Waals surface area contributed by atoms with Gasteiger partial charge in [-0.3, -0.25) is 0 Å². The third kappa shape index (κ3) is 11.1. The van der Waals surface area contributed by atoms with Crippen molar-refractivity contribution in [1.29, 1.82) is 0 Å². The van der Waals surface area contributed by atoms with Crippen molar-refractivity contribution >= 4 is 27.5 Å². The molecule has 0 heterocycles. The molecule has 0 aliphatic rings. The molecule has 0 rings (SSSR count). The van der Waals surface area contributed by atoms with Crippen LogP contribution in [0.1, 0.15) is 0 Å². The third-order valence-corrected chi connectivity index (χ3v) is 2.00. The Morgan fingerprint density at radius 1 is 1.38 bits per heavy atom. The number of thiocarbonyl (C=S) groups is 1. The zero-order valence-electron chi connectivity index (χ0n) is 5.72. The predicted octanol–water partition coefficient (Wildman–Crippen LogP) is -6.48. The standard InChI is InChI=1S/C3H7OS2.2Na/c1-6(2)3(4)5;;/h1-2H3,(H,4,5);;/q-1;2*+1/p-1. The van der Waals surface area contributed by atoms with Crippen LogP contribution < -0.4 is 64.2 Å². The van der Waals surface area contributed by atoms with Gasteiger partial charge >= 0.3 is 59.1 Å². The van der Waals surface area contributed by atoms with Gasteiger partial charge in [-0.2, -0.15) is 16.9 Å². The Hall–Kier alpha value is 2.24. The smallest absolute Gasteiger partial charge is 0.884 e. The first-order valence-electron chi connectivity index (χ1n) is 1.43. The fourth-order valence-corrected chi connectivity index (χ4v) is 0. The second-order valence-electron chi connectivity index (χ2n) is 1.07. The van der Waals surface area contributed by atoms with Gasteiger partial charge in [0, 0.05) is 0 Å². The molecule has 0 bridgehead atoms. The summed E-state index contributed by atoms with van der Waals surface area (Å²) in [7, 11) is -0.191. The third-order valence-electron chi connectivity index (χ3n) is 0.333. The average Bonchev–Trinajstić information content (AvgIpc) is 1.36. The first-order valence-corrected chi connectivity index (χ1v) is 3.88. The topological polar surface area (TPSA) is 23.1 Å². The zero-order valence-corrected chi connectivity index (χ0v) is 11.4. The number of rotatable bonds is 0. The quantitative estimate of drug-likeness (QED) is 0.204. The summed E-state index contributed by atoms with van der Waals surface area (Å²) in [5.41, 5.74) is 0. The summed E-state index contributed by atoms with van der Waals surface area (Å²) in [6, 6.07) is 0. The molecule has 0 aliphatic heterocycles. The normalized spacial score (nSPS) is 8.00. The van der Waals surface area contributed by atoms with E-state index in [-0.39, 0.29) is 74.4 Å². The van der Waals surface area contributed by atoms with E-state index in [0.717, 1.165) is 0 Å². The van der Waals surface area contributed by atoms with E-state index in [1.165, 1.54) is 0 Å². The molecule has 0 saturated heterocycles. The molecule has 1 nitrogen and oxygen atoms in total. The molecule has 0 radical (unpaired) electrons. The Labute approximate surface area is 103 Å². The Balaban J connectivity index is -0.000000125. The van der Waals surface area contributed by atoms with E-state index in [1.54, 1.807) is 0 Å². The largest absolute Gasteiger partial charge is 1.00 e. The van der Waals surface area contributed by atoms with Gasteiger partial charge in [0.05, 0.1) is 0 Å². The van der Waals surface area contributed by atoms with Crippen LogP contribution in [-0.4, -0.2) is 16.9 Å². The van der Waals surface area contributed by atoms with Crippen LogP contribution in [0, 0.1) is 0 Å². The van der Waals surface area contributed by atoms with Crippen molar-refractivity contribution < 1.29 is 64.2 Å². The van der Waals surface area contributed by atoms with Crippen LogP contribution in [0.2, 0.25) is 0 Å². The van der Waals surface area contributed by atoms with Gasteiger partial charge in [-0.15, -0.1) is 12.2 Å². The van der Waals surface area contributed by atoms with Crippen LogP contribution in [0.15, 0.2) is 0 Å². The molecule has 0 N–H and O–H groups in total. The molecule has 0 aliphatic carbocycles. The van der Waals surface area contributed by atoms with E-state index in [2.05, 4.69) is 12.2 Å². The molecule has 0 aromatic heterocycles. The molecule has 8 heavy (non-hydrogen) atoms. The monoisotopic (exact) mass is 168 g/mol. The maximum atomic E-state index is 9.97. The Kier molecular flexibility index (Phi) is 19.3. The van der Waals surface area contributed by atoms with E-state index >= 15 is 0 Å². The summed E-state index contributed by atoms with van der Waals surface area (Å²) in [6.45, 7) is 0. The molecule has 5 heteroatoms. The van der Waals surface area contributed by atoms with Crippen molar-refractivity contribution in [3.05, 3.63) is 0 Å². The molecule has 0 spiro atoms. The summed E-state index contributed by atoms with van der Waals surface area (Å²) < 4.78 is -0.130. The van der Waals surface area contributed by atoms with Crippen LogP contribution in [0.4, 0.5) is 0 Å². The van der Waals surface area contributed by atoms with Crippen LogP contribution in [0.25, 0.3) is 0 Å². The number of hydrogen-bond acceptors (Lipinski definition) is 3. The van der Waals surface area contributed by atoms with E-state index in [9.17, 15) is 5.11 Å². The fourth-order valence-electron chi connectivity index (χ4n) is 0. The molecular formula is C3H6Na2OS2. The van der Waals surface area contributed by atoms with Crippen LogP contribution in [0.5, 0.6) is 0 Å². The zero-order chi connectivity index (χ0) is 5.15. The maximum Gasteiger partial charge on any atom is 1.00 e. The van der Waals surface area contributed by atoms with Gasteiger partial charge < -0.3 is 16.0 Å². The Bertz CT molecular complexity index is 66.3. The van der Waals surface area contributed by atoms with E-state index in [1.807, 2.05) is 12.5 Å². The fraction of sp³-hybridized carbons (Fsp3) is 0.667. The minimum Gasteiger partial charge on any atom is -0.884 e. The van der Waals surface area contributed by atoms with Crippen LogP contribution in [0.3, 0.4) is 0 Å². The van der Waals surface area contributed by atoms with Crippen molar-refractivity contribution in [2.75, 3.05) is 12.5 Å².